The molecule has 0 unspecified atom stereocenters. The molecule has 3 N–H and O–H groups in total. The highest BCUT2D eigenvalue weighted by molar-refractivity contribution is 5.90. The Bertz CT molecular complexity index is 518. The van der Waals surface area contributed by atoms with Crippen molar-refractivity contribution in [3.8, 4) is 5.75 Å². The van der Waals surface area contributed by atoms with Crippen LogP contribution in [0, 0.1) is 0 Å². The minimum absolute atomic E-state index is 0.0556. The lowest BCUT2D eigenvalue weighted by molar-refractivity contribution is -0.123. The largest absolute Gasteiger partial charge is 0.491 e. The van der Waals surface area contributed by atoms with Crippen molar-refractivity contribution in [1.29, 1.82) is 0 Å². The van der Waals surface area contributed by atoms with Crippen molar-refractivity contribution in [2.75, 3.05) is 13.2 Å². The first-order chi connectivity index (χ1) is 9.22. The molecule has 1 saturated heterocycles. The number of hydrogen-bond acceptors (Lipinski definition) is 3. The highest BCUT2D eigenvalue weighted by atomic mass is 16.5. The third-order valence-electron chi connectivity index (χ3n) is 3.31. The van der Waals surface area contributed by atoms with Gasteiger partial charge in [0.05, 0.1) is 6.04 Å². The summed E-state index contributed by atoms with van der Waals surface area (Å²) >= 11 is 0. The van der Waals surface area contributed by atoms with E-state index in [1.165, 1.54) is 0 Å². The molecule has 19 heavy (non-hydrogen) atoms. The van der Waals surface area contributed by atoms with E-state index in [-0.39, 0.29) is 18.0 Å². The number of urea groups is 1. The van der Waals surface area contributed by atoms with Crippen molar-refractivity contribution >= 4 is 11.9 Å². The van der Waals surface area contributed by atoms with Crippen molar-refractivity contribution in [3.05, 3.63) is 29.8 Å². The van der Waals surface area contributed by atoms with Crippen LogP contribution in [0.4, 0.5) is 4.79 Å². The molecule has 1 aromatic carbocycles. The molecular weight excluding hydrogens is 246 g/mol. The number of carbonyl (C=O) groups excluding carboxylic acids is 2. The van der Waals surface area contributed by atoms with Crippen LogP contribution in [0.1, 0.15) is 5.56 Å². The maximum Gasteiger partial charge on any atom is 0.315 e. The Morgan fingerprint density at radius 2 is 2.21 bits per heavy atom. The molecule has 2 atom stereocenters. The van der Waals surface area contributed by atoms with Crippen LogP contribution in [0.5, 0.6) is 5.75 Å². The third-order valence-corrected chi connectivity index (χ3v) is 3.31. The van der Waals surface area contributed by atoms with E-state index in [1.54, 1.807) is 0 Å². The maximum atomic E-state index is 11.9. The van der Waals surface area contributed by atoms with Crippen LogP contribution >= 0.6 is 0 Å². The van der Waals surface area contributed by atoms with Gasteiger partial charge in [0.15, 0.2) is 0 Å². The monoisotopic (exact) mass is 261 g/mol. The summed E-state index contributed by atoms with van der Waals surface area (Å²) in [6.45, 7) is 0.783. The minimum Gasteiger partial charge on any atom is -0.491 e. The van der Waals surface area contributed by atoms with Gasteiger partial charge in [-0.15, -0.1) is 0 Å². The summed E-state index contributed by atoms with van der Waals surface area (Å²) < 4.78 is 5.60. The molecule has 6 nitrogen and oxygen atoms in total. The molecular formula is C13H15N3O3. The van der Waals surface area contributed by atoms with E-state index in [1.807, 2.05) is 24.3 Å². The van der Waals surface area contributed by atoms with E-state index in [9.17, 15) is 9.59 Å². The number of nitrogens with one attached hydrogen (secondary N) is 3. The summed E-state index contributed by atoms with van der Waals surface area (Å²) in [5.74, 6) is 0.704. The van der Waals surface area contributed by atoms with Gasteiger partial charge in [-0.25, -0.2) is 4.79 Å². The fourth-order valence-corrected chi connectivity index (χ4v) is 2.34. The average molecular weight is 261 g/mol. The van der Waals surface area contributed by atoms with Gasteiger partial charge in [-0.3, -0.25) is 4.79 Å². The number of hydrogen-bond donors (Lipinski definition) is 3. The van der Waals surface area contributed by atoms with Gasteiger partial charge in [-0.2, -0.15) is 0 Å². The van der Waals surface area contributed by atoms with Crippen molar-refractivity contribution in [2.24, 2.45) is 0 Å². The van der Waals surface area contributed by atoms with Gasteiger partial charge in [0, 0.05) is 6.54 Å². The lowest BCUT2D eigenvalue weighted by Crippen LogP contribution is -2.50. The Morgan fingerprint density at radius 1 is 1.37 bits per heavy atom. The topological polar surface area (TPSA) is 79.5 Å². The second kappa shape index (κ2) is 4.79. The molecule has 0 spiro atoms. The van der Waals surface area contributed by atoms with E-state index >= 15 is 0 Å². The van der Waals surface area contributed by atoms with Gasteiger partial charge < -0.3 is 20.7 Å². The lowest BCUT2D eigenvalue weighted by atomic mass is 10.0. The van der Waals surface area contributed by atoms with Crippen molar-refractivity contribution in [2.45, 2.75) is 18.5 Å². The molecule has 0 radical (unpaired) electrons. The standard InChI is InChI=1S/C13H15N3O3/c17-12(10-6-14-13(18)16-10)15-9-5-8-3-1-2-4-11(8)19-7-9/h1-4,9-10H,5-7H2,(H,15,17)(H2,14,16,18)/t9-,10-/m0/s1. The summed E-state index contributed by atoms with van der Waals surface area (Å²) in [7, 11) is 0. The predicted molar refractivity (Wildman–Crippen MR) is 67.9 cm³/mol. The summed E-state index contributed by atoms with van der Waals surface area (Å²) in [6.07, 6.45) is 0.746. The van der Waals surface area contributed by atoms with Gasteiger partial charge in [0.1, 0.15) is 18.4 Å². The number of amides is 3. The molecule has 0 saturated carbocycles. The van der Waals surface area contributed by atoms with Gasteiger partial charge in [-0.1, -0.05) is 18.2 Å². The normalized spacial score (nSPS) is 24.7. The molecule has 1 fully saturated rings. The maximum absolute atomic E-state index is 11.9. The van der Waals surface area contributed by atoms with E-state index in [2.05, 4.69) is 16.0 Å². The third kappa shape index (κ3) is 2.47. The summed E-state index contributed by atoms with van der Waals surface area (Å²) in [4.78, 5) is 22.9. The number of rotatable bonds is 2. The van der Waals surface area contributed by atoms with Gasteiger partial charge in [-0.05, 0) is 18.1 Å². The van der Waals surface area contributed by atoms with E-state index < -0.39 is 6.04 Å². The zero-order valence-electron chi connectivity index (χ0n) is 10.3. The van der Waals surface area contributed by atoms with Crippen LogP contribution in [0.2, 0.25) is 0 Å². The quantitative estimate of drug-likeness (QED) is 0.689. The van der Waals surface area contributed by atoms with Crippen LogP contribution < -0.4 is 20.7 Å². The lowest BCUT2D eigenvalue weighted by Gasteiger charge is -2.26. The summed E-state index contributed by atoms with van der Waals surface area (Å²) in [5.41, 5.74) is 1.09. The van der Waals surface area contributed by atoms with Crippen molar-refractivity contribution in [1.82, 2.24) is 16.0 Å². The van der Waals surface area contributed by atoms with Crippen LogP contribution in [0.15, 0.2) is 24.3 Å². The fraction of sp³-hybridized carbons (Fsp3) is 0.385. The second-order valence-corrected chi connectivity index (χ2v) is 4.74. The molecule has 3 amide bonds. The first kappa shape index (κ1) is 11.8. The van der Waals surface area contributed by atoms with E-state index in [4.69, 9.17) is 4.74 Å². The molecule has 3 rings (SSSR count). The Labute approximate surface area is 110 Å². The van der Waals surface area contributed by atoms with E-state index in [0.717, 1.165) is 17.7 Å². The fourth-order valence-electron chi connectivity index (χ4n) is 2.34. The molecule has 1 aromatic rings. The van der Waals surface area contributed by atoms with Crippen molar-refractivity contribution in [3.63, 3.8) is 0 Å². The smallest absolute Gasteiger partial charge is 0.315 e. The number of ether oxygens (including phenoxy) is 1. The average Bonchev–Trinajstić information content (AvgIpc) is 2.85. The SMILES string of the molecule is O=C1NC[C@@H](C(=O)N[C@@H]2COc3ccccc3C2)N1. The molecule has 2 aliphatic rings. The Kier molecular flexibility index (Phi) is 2.98. The van der Waals surface area contributed by atoms with Gasteiger partial charge in [0.25, 0.3) is 0 Å². The van der Waals surface area contributed by atoms with Gasteiger partial charge >= 0.3 is 6.03 Å². The van der Waals surface area contributed by atoms with Crippen LogP contribution in [0.3, 0.4) is 0 Å². The number of benzene rings is 1. The molecule has 6 heteroatoms. The molecule has 0 bridgehead atoms. The number of carbonyl (C=O) groups is 2. The second-order valence-electron chi connectivity index (χ2n) is 4.74. The number of fused-ring (bicyclic) bond motifs is 1. The predicted octanol–water partition coefficient (Wildman–Crippen LogP) is -0.212. The Hall–Kier alpha value is -2.24. The molecule has 2 heterocycles. The molecule has 2 aliphatic heterocycles. The van der Waals surface area contributed by atoms with Crippen LogP contribution in [-0.4, -0.2) is 37.2 Å². The Balaban J connectivity index is 1.60. The molecule has 0 aliphatic carbocycles. The summed E-state index contributed by atoms with van der Waals surface area (Å²) in [5, 5.41) is 8.02. The van der Waals surface area contributed by atoms with E-state index in [0.29, 0.717) is 13.2 Å². The molecule has 100 valence electrons. The van der Waals surface area contributed by atoms with Crippen molar-refractivity contribution < 1.29 is 14.3 Å². The highest BCUT2D eigenvalue weighted by Gasteiger charge is 2.29. The molecule has 0 aromatic heterocycles. The van der Waals surface area contributed by atoms with Crippen LogP contribution in [0.25, 0.3) is 0 Å². The Morgan fingerprint density at radius 3 is 3.00 bits per heavy atom. The minimum atomic E-state index is -0.496. The zero-order valence-corrected chi connectivity index (χ0v) is 10.3. The number of para-hydroxylation sites is 1. The van der Waals surface area contributed by atoms with Gasteiger partial charge in [0.2, 0.25) is 5.91 Å². The zero-order chi connectivity index (χ0) is 13.2. The first-order valence-electron chi connectivity index (χ1n) is 6.28. The van der Waals surface area contributed by atoms with Crippen LogP contribution in [-0.2, 0) is 11.2 Å². The first-order valence-corrected chi connectivity index (χ1v) is 6.28. The summed E-state index contributed by atoms with van der Waals surface area (Å²) in [6, 6.07) is 6.95. The highest BCUT2D eigenvalue weighted by Crippen LogP contribution is 2.23.